The molecule has 23 heavy (non-hydrogen) atoms. The van der Waals surface area contributed by atoms with Gasteiger partial charge < -0.3 is 0 Å². The van der Waals surface area contributed by atoms with E-state index < -0.39 is 0 Å². The Hall–Kier alpha value is -2.72. The number of halogens is 2. The second-order valence-electron chi connectivity index (χ2n) is 4.57. The molecule has 0 saturated carbocycles. The molecule has 4 nitrogen and oxygen atoms in total. The lowest BCUT2D eigenvalue weighted by Crippen LogP contribution is -2.00. The molecule has 0 bridgehead atoms. The Kier molecular flexibility index (Phi) is 4.35. The lowest BCUT2D eigenvalue weighted by molar-refractivity contribution is 0.626. The van der Waals surface area contributed by atoms with Gasteiger partial charge in [0, 0.05) is 11.3 Å². The van der Waals surface area contributed by atoms with E-state index in [1.807, 2.05) is 6.07 Å². The van der Waals surface area contributed by atoms with Crippen molar-refractivity contribution in [2.24, 2.45) is 0 Å². The molecule has 0 spiro atoms. The van der Waals surface area contributed by atoms with Crippen LogP contribution < -0.4 is 0 Å². The zero-order valence-electron chi connectivity index (χ0n) is 11.8. The van der Waals surface area contributed by atoms with Gasteiger partial charge in [-0.05, 0) is 48.5 Å². The molecule has 7 heteroatoms. The van der Waals surface area contributed by atoms with Crippen molar-refractivity contribution in [2.45, 2.75) is 5.16 Å². The third-order valence-corrected chi connectivity index (χ3v) is 3.88. The van der Waals surface area contributed by atoms with Crippen LogP contribution in [0.1, 0.15) is 0 Å². The van der Waals surface area contributed by atoms with E-state index in [0.717, 1.165) is 0 Å². The number of rotatable bonds is 4. The maximum Gasteiger partial charge on any atom is 0.197 e. The minimum atomic E-state index is -0.351. The predicted molar refractivity (Wildman–Crippen MR) is 83.0 cm³/mol. The lowest BCUT2D eigenvalue weighted by atomic mass is 10.2. The summed E-state index contributed by atoms with van der Waals surface area (Å²) >= 11 is 1.23. The van der Waals surface area contributed by atoms with Gasteiger partial charge in [0.25, 0.3) is 0 Å². The van der Waals surface area contributed by atoms with Gasteiger partial charge in [0.15, 0.2) is 11.0 Å². The van der Waals surface area contributed by atoms with Gasteiger partial charge in [-0.15, -0.1) is 10.2 Å². The van der Waals surface area contributed by atoms with Gasteiger partial charge >= 0.3 is 0 Å². The fourth-order valence-electron chi connectivity index (χ4n) is 2.07. The normalized spacial score (nSPS) is 10.5. The highest BCUT2D eigenvalue weighted by molar-refractivity contribution is 7.99. The summed E-state index contributed by atoms with van der Waals surface area (Å²) in [6.45, 7) is 0. The summed E-state index contributed by atoms with van der Waals surface area (Å²) < 4.78 is 28.0. The Bertz CT molecular complexity index is 851. The zero-order chi connectivity index (χ0) is 16.2. The van der Waals surface area contributed by atoms with E-state index in [-0.39, 0.29) is 17.4 Å². The summed E-state index contributed by atoms with van der Waals surface area (Å²) in [5.74, 6) is 0.0112. The Morgan fingerprint density at radius 1 is 0.957 bits per heavy atom. The molecule has 0 unspecified atom stereocenters. The number of nitrogens with zero attached hydrogens (tertiary/aromatic N) is 4. The first-order chi connectivity index (χ1) is 11.2. The van der Waals surface area contributed by atoms with Crippen molar-refractivity contribution in [3.05, 3.63) is 60.2 Å². The molecular formula is C16H10F2N4S. The van der Waals surface area contributed by atoms with E-state index in [9.17, 15) is 8.78 Å². The summed E-state index contributed by atoms with van der Waals surface area (Å²) in [5.41, 5.74) is 1.34. The van der Waals surface area contributed by atoms with Crippen molar-refractivity contribution in [3.63, 3.8) is 0 Å². The summed E-state index contributed by atoms with van der Waals surface area (Å²) in [5, 5.41) is 17.5. The lowest BCUT2D eigenvalue weighted by Gasteiger charge is -2.09. The fraction of sp³-hybridized carbons (Fsp3) is 0.0625. The summed E-state index contributed by atoms with van der Waals surface area (Å²) in [7, 11) is 0. The molecule has 1 aromatic heterocycles. The first-order valence-electron chi connectivity index (χ1n) is 6.66. The van der Waals surface area contributed by atoms with Crippen LogP contribution >= 0.6 is 11.8 Å². The highest BCUT2D eigenvalue weighted by Gasteiger charge is 2.16. The van der Waals surface area contributed by atoms with Crippen LogP contribution in [0.25, 0.3) is 17.1 Å². The molecular weight excluding hydrogens is 318 g/mol. The monoisotopic (exact) mass is 328 g/mol. The van der Waals surface area contributed by atoms with Crippen molar-refractivity contribution in [2.75, 3.05) is 5.75 Å². The van der Waals surface area contributed by atoms with Crippen LogP contribution in [0.4, 0.5) is 8.78 Å². The Labute approximate surface area is 135 Å². The van der Waals surface area contributed by atoms with E-state index in [1.54, 1.807) is 28.8 Å². The molecule has 0 aliphatic rings. The molecule has 114 valence electrons. The number of aromatic nitrogens is 3. The molecule has 2 aromatic carbocycles. The standard InChI is InChI=1S/C16H10F2N4S/c17-12-3-1-11(2-4-12)15-20-21-16(23-10-9-19)22(15)14-7-5-13(18)6-8-14/h1-8H,10H2. The average molecular weight is 328 g/mol. The van der Waals surface area contributed by atoms with E-state index in [2.05, 4.69) is 10.2 Å². The first-order valence-corrected chi connectivity index (χ1v) is 7.64. The van der Waals surface area contributed by atoms with E-state index in [0.29, 0.717) is 22.2 Å². The van der Waals surface area contributed by atoms with Crippen molar-refractivity contribution in [1.82, 2.24) is 14.8 Å². The maximum absolute atomic E-state index is 13.2. The molecule has 3 aromatic rings. The second-order valence-corrected chi connectivity index (χ2v) is 5.51. The zero-order valence-corrected chi connectivity index (χ0v) is 12.6. The molecule has 0 fully saturated rings. The van der Waals surface area contributed by atoms with E-state index in [1.165, 1.54) is 36.0 Å². The number of benzene rings is 2. The molecule has 0 saturated heterocycles. The number of thioether (sulfide) groups is 1. The Morgan fingerprint density at radius 3 is 2.17 bits per heavy atom. The molecule has 0 atom stereocenters. The topological polar surface area (TPSA) is 54.5 Å². The van der Waals surface area contributed by atoms with Gasteiger partial charge in [0.1, 0.15) is 11.6 Å². The number of hydrogen-bond donors (Lipinski definition) is 0. The average Bonchev–Trinajstić information content (AvgIpc) is 2.98. The van der Waals surface area contributed by atoms with Gasteiger partial charge in [-0.2, -0.15) is 5.26 Å². The Balaban J connectivity index is 2.12. The van der Waals surface area contributed by atoms with Crippen LogP contribution in [0.2, 0.25) is 0 Å². The summed E-state index contributed by atoms with van der Waals surface area (Å²) in [6.07, 6.45) is 0. The first kappa shape index (κ1) is 15.2. The molecule has 0 aliphatic heterocycles. The van der Waals surface area contributed by atoms with Crippen LogP contribution in [0, 0.1) is 23.0 Å². The van der Waals surface area contributed by atoms with Crippen molar-refractivity contribution in [1.29, 1.82) is 5.26 Å². The van der Waals surface area contributed by atoms with Gasteiger partial charge in [0.2, 0.25) is 0 Å². The van der Waals surface area contributed by atoms with Crippen LogP contribution in [-0.2, 0) is 0 Å². The van der Waals surface area contributed by atoms with Crippen LogP contribution in [0.5, 0.6) is 0 Å². The third-order valence-electron chi connectivity index (χ3n) is 3.09. The van der Waals surface area contributed by atoms with Crippen LogP contribution in [0.3, 0.4) is 0 Å². The Morgan fingerprint density at radius 2 is 1.57 bits per heavy atom. The van der Waals surface area contributed by atoms with Crippen molar-refractivity contribution < 1.29 is 8.78 Å². The van der Waals surface area contributed by atoms with E-state index >= 15 is 0 Å². The summed E-state index contributed by atoms with van der Waals surface area (Å²) in [6, 6.07) is 13.8. The van der Waals surface area contributed by atoms with Gasteiger partial charge in [0.05, 0.1) is 11.8 Å². The van der Waals surface area contributed by atoms with Crippen molar-refractivity contribution >= 4 is 11.8 Å². The van der Waals surface area contributed by atoms with Crippen molar-refractivity contribution in [3.8, 4) is 23.1 Å². The van der Waals surface area contributed by atoms with Crippen LogP contribution in [0.15, 0.2) is 53.7 Å². The largest absolute Gasteiger partial charge is 0.270 e. The minimum absolute atomic E-state index is 0.211. The minimum Gasteiger partial charge on any atom is -0.270 e. The van der Waals surface area contributed by atoms with Gasteiger partial charge in [-0.1, -0.05) is 11.8 Å². The number of hydrogen-bond acceptors (Lipinski definition) is 4. The maximum atomic E-state index is 13.2. The number of nitriles is 1. The third kappa shape index (κ3) is 3.22. The van der Waals surface area contributed by atoms with E-state index in [4.69, 9.17) is 5.26 Å². The molecule has 1 heterocycles. The molecule has 0 radical (unpaired) electrons. The molecule has 3 rings (SSSR count). The van der Waals surface area contributed by atoms with Gasteiger partial charge in [-0.3, -0.25) is 4.57 Å². The quantitative estimate of drug-likeness (QED) is 0.683. The summed E-state index contributed by atoms with van der Waals surface area (Å²) in [4.78, 5) is 0. The highest BCUT2D eigenvalue weighted by atomic mass is 32.2. The van der Waals surface area contributed by atoms with Gasteiger partial charge in [-0.25, -0.2) is 8.78 Å². The van der Waals surface area contributed by atoms with Crippen LogP contribution in [-0.4, -0.2) is 20.5 Å². The fourth-order valence-corrected chi connectivity index (χ4v) is 2.68. The molecule has 0 N–H and O–H groups in total. The molecule has 0 amide bonds. The molecule has 0 aliphatic carbocycles. The predicted octanol–water partition coefficient (Wildman–Crippen LogP) is 3.83. The SMILES string of the molecule is N#CCSc1nnc(-c2ccc(F)cc2)n1-c1ccc(F)cc1. The second kappa shape index (κ2) is 6.58. The smallest absolute Gasteiger partial charge is 0.197 e. The highest BCUT2D eigenvalue weighted by Crippen LogP contribution is 2.28.